The highest BCUT2D eigenvalue weighted by Crippen LogP contribution is 2.38. The van der Waals surface area contributed by atoms with Crippen LogP contribution in [0, 0.1) is 11.8 Å². The van der Waals surface area contributed by atoms with Crippen molar-refractivity contribution in [3.63, 3.8) is 0 Å². The summed E-state index contributed by atoms with van der Waals surface area (Å²) in [6.07, 6.45) is 0.811. The van der Waals surface area contributed by atoms with Gasteiger partial charge in [-0.05, 0) is 24.5 Å². The largest absolute Gasteiger partial charge is 0.455 e. The number of nitrogens with zero attached hydrogens (tertiary/aromatic N) is 2. The van der Waals surface area contributed by atoms with Crippen LogP contribution in [0.1, 0.15) is 13.3 Å². The number of halogens is 1. The minimum atomic E-state index is -3.70. The van der Waals surface area contributed by atoms with Gasteiger partial charge in [-0.1, -0.05) is 30.7 Å². The monoisotopic (exact) mass is 400 g/mol. The van der Waals surface area contributed by atoms with Crippen LogP contribution in [0.2, 0.25) is 5.02 Å². The number of hydrogen-bond acceptors (Lipinski definition) is 5. The van der Waals surface area contributed by atoms with E-state index < -0.39 is 10.0 Å². The number of carbonyl (C=O) groups excluding carboxylic acids is 2. The molecule has 1 aromatic rings. The number of hydrogen-bond donors (Lipinski definition) is 0. The standard InChI is InChI=1S/C17H21ClN2O5S/c1-12-10-13(12)17(22)25-11-16(21)19-6-8-20(9-7-19)26(23,24)15-5-3-2-4-14(15)18/h2-5,12-13H,6-11H2,1H3/t12-,13+/m1/s1. The summed E-state index contributed by atoms with van der Waals surface area (Å²) in [7, 11) is -3.70. The van der Waals surface area contributed by atoms with Crippen LogP contribution in [-0.4, -0.2) is 62.3 Å². The Balaban J connectivity index is 1.53. The molecule has 0 radical (unpaired) electrons. The molecule has 1 saturated carbocycles. The van der Waals surface area contributed by atoms with Crippen molar-refractivity contribution in [1.82, 2.24) is 9.21 Å². The van der Waals surface area contributed by atoms with E-state index in [0.29, 0.717) is 5.92 Å². The Kier molecular flexibility index (Phi) is 5.55. The van der Waals surface area contributed by atoms with Crippen molar-refractivity contribution < 1.29 is 22.7 Å². The van der Waals surface area contributed by atoms with Gasteiger partial charge >= 0.3 is 5.97 Å². The van der Waals surface area contributed by atoms with E-state index in [0.717, 1.165) is 6.42 Å². The molecule has 142 valence electrons. The number of amides is 1. The van der Waals surface area contributed by atoms with E-state index >= 15 is 0 Å². The van der Waals surface area contributed by atoms with E-state index in [4.69, 9.17) is 16.3 Å². The molecular formula is C17H21ClN2O5S. The van der Waals surface area contributed by atoms with Crippen molar-refractivity contribution in [2.24, 2.45) is 11.8 Å². The third kappa shape index (κ3) is 4.02. The molecule has 1 heterocycles. The minimum Gasteiger partial charge on any atom is -0.455 e. The van der Waals surface area contributed by atoms with Crippen molar-refractivity contribution in [1.29, 1.82) is 0 Å². The Bertz CT molecular complexity index is 805. The number of benzene rings is 1. The van der Waals surface area contributed by atoms with Crippen molar-refractivity contribution in [3.05, 3.63) is 29.3 Å². The van der Waals surface area contributed by atoms with Crippen LogP contribution in [-0.2, 0) is 24.3 Å². The normalized spacial score (nSPS) is 23.5. The predicted octanol–water partition coefficient (Wildman–Crippen LogP) is 1.37. The minimum absolute atomic E-state index is 0.0638. The summed E-state index contributed by atoms with van der Waals surface area (Å²) < 4.78 is 31.7. The molecule has 1 amide bonds. The highest BCUT2D eigenvalue weighted by molar-refractivity contribution is 7.89. The van der Waals surface area contributed by atoms with Gasteiger partial charge in [0, 0.05) is 26.2 Å². The topological polar surface area (TPSA) is 84.0 Å². The summed E-state index contributed by atoms with van der Waals surface area (Å²) in [6.45, 7) is 2.52. The predicted molar refractivity (Wildman–Crippen MR) is 95.0 cm³/mol. The number of esters is 1. The first-order chi connectivity index (χ1) is 12.3. The maximum absolute atomic E-state index is 12.7. The average molecular weight is 401 g/mol. The maximum atomic E-state index is 12.7. The fourth-order valence-electron chi connectivity index (χ4n) is 2.95. The van der Waals surface area contributed by atoms with Gasteiger partial charge in [0.15, 0.2) is 6.61 Å². The first kappa shape index (κ1) is 19.1. The van der Waals surface area contributed by atoms with Crippen LogP contribution in [0.4, 0.5) is 0 Å². The Labute approximate surface area is 157 Å². The van der Waals surface area contributed by atoms with Crippen molar-refractivity contribution in [2.45, 2.75) is 18.2 Å². The summed E-state index contributed by atoms with van der Waals surface area (Å²) in [5.41, 5.74) is 0. The van der Waals surface area contributed by atoms with E-state index in [2.05, 4.69) is 0 Å². The molecule has 0 unspecified atom stereocenters. The molecule has 7 nitrogen and oxygen atoms in total. The lowest BCUT2D eigenvalue weighted by atomic mass is 10.3. The SMILES string of the molecule is C[C@@H]1C[C@@H]1C(=O)OCC(=O)N1CCN(S(=O)(=O)c2ccccc2Cl)CC1. The third-order valence-corrected chi connectivity index (χ3v) is 7.19. The number of sulfonamides is 1. The molecular weight excluding hydrogens is 380 g/mol. The van der Waals surface area contributed by atoms with Crippen molar-refractivity contribution >= 4 is 33.5 Å². The summed E-state index contributed by atoms with van der Waals surface area (Å²) >= 11 is 6.00. The molecule has 2 atom stereocenters. The Morgan fingerprint density at radius 1 is 1.19 bits per heavy atom. The molecule has 1 saturated heterocycles. The van der Waals surface area contributed by atoms with Crippen LogP contribution in [0.25, 0.3) is 0 Å². The second-order valence-corrected chi connectivity index (χ2v) is 8.96. The van der Waals surface area contributed by atoms with Gasteiger partial charge in [-0.3, -0.25) is 9.59 Å². The highest BCUT2D eigenvalue weighted by Gasteiger charge is 2.41. The maximum Gasteiger partial charge on any atom is 0.309 e. The fraction of sp³-hybridized carbons (Fsp3) is 0.529. The van der Waals surface area contributed by atoms with Crippen LogP contribution in [0.15, 0.2) is 29.2 Å². The van der Waals surface area contributed by atoms with E-state index in [-0.39, 0.29) is 60.5 Å². The van der Waals surface area contributed by atoms with Gasteiger partial charge in [-0.25, -0.2) is 8.42 Å². The molecule has 3 rings (SSSR count). The van der Waals surface area contributed by atoms with Gasteiger partial charge in [-0.2, -0.15) is 4.31 Å². The summed E-state index contributed by atoms with van der Waals surface area (Å²) in [4.78, 5) is 25.4. The first-order valence-corrected chi connectivity index (χ1v) is 10.3. The van der Waals surface area contributed by atoms with Gasteiger partial charge < -0.3 is 9.64 Å². The van der Waals surface area contributed by atoms with Gasteiger partial charge in [0.2, 0.25) is 10.0 Å². The molecule has 9 heteroatoms. The summed E-state index contributed by atoms with van der Waals surface area (Å²) in [5.74, 6) is -0.385. The molecule has 1 aliphatic heterocycles. The van der Waals surface area contributed by atoms with E-state index in [1.165, 1.54) is 21.3 Å². The number of rotatable bonds is 5. The van der Waals surface area contributed by atoms with Crippen molar-refractivity contribution in [3.8, 4) is 0 Å². The third-order valence-electron chi connectivity index (χ3n) is 4.80. The number of carbonyl (C=O) groups is 2. The molecule has 0 aromatic heterocycles. The average Bonchev–Trinajstić information content (AvgIpc) is 3.36. The smallest absolute Gasteiger partial charge is 0.309 e. The lowest BCUT2D eigenvalue weighted by Crippen LogP contribution is -2.51. The molecule has 2 fully saturated rings. The summed E-state index contributed by atoms with van der Waals surface area (Å²) in [6, 6.07) is 6.28. The van der Waals surface area contributed by atoms with Crippen LogP contribution >= 0.6 is 11.6 Å². The fourth-order valence-corrected chi connectivity index (χ4v) is 4.87. The Morgan fingerprint density at radius 2 is 1.81 bits per heavy atom. The quantitative estimate of drug-likeness (QED) is 0.697. The van der Waals surface area contributed by atoms with E-state index in [1.54, 1.807) is 12.1 Å². The lowest BCUT2D eigenvalue weighted by molar-refractivity contribution is -0.153. The zero-order valence-corrected chi connectivity index (χ0v) is 16.0. The molecule has 0 spiro atoms. The lowest BCUT2D eigenvalue weighted by Gasteiger charge is -2.34. The van der Waals surface area contributed by atoms with Gasteiger partial charge in [-0.15, -0.1) is 0 Å². The molecule has 26 heavy (non-hydrogen) atoms. The van der Waals surface area contributed by atoms with Crippen LogP contribution < -0.4 is 0 Å². The van der Waals surface area contributed by atoms with Gasteiger partial charge in [0.1, 0.15) is 4.90 Å². The first-order valence-electron chi connectivity index (χ1n) is 8.50. The number of ether oxygens (including phenoxy) is 1. The van der Waals surface area contributed by atoms with Crippen molar-refractivity contribution in [2.75, 3.05) is 32.8 Å². The van der Waals surface area contributed by atoms with E-state index in [1.807, 2.05) is 6.92 Å². The molecule has 0 N–H and O–H groups in total. The zero-order chi connectivity index (χ0) is 18.9. The van der Waals surface area contributed by atoms with Crippen LogP contribution in [0.3, 0.4) is 0 Å². The van der Waals surface area contributed by atoms with E-state index in [9.17, 15) is 18.0 Å². The summed E-state index contributed by atoms with van der Waals surface area (Å²) in [5, 5.41) is 0.173. The van der Waals surface area contributed by atoms with Crippen LogP contribution in [0.5, 0.6) is 0 Å². The second-order valence-electron chi connectivity index (χ2n) is 6.64. The highest BCUT2D eigenvalue weighted by atomic mass is 35.5. The molecule has 1 aromatic carbocycles. The molecule has 0 bridgehead atoms. The second kappa shape index (κ2) is 7.54. The molecule has 1 aliphatic carbocycles. The number of piperazine rings is 1. The molecule has 2 aliphatic rings. The van der Waals surface area contributed by atoms with Gasteiger partial charge in [0.25, 0.3) is 5.91 Å². The van der Waals surface area contributed by atoms with Gasteiger partial charge in [0.05, 0.1) is 10.9 Å². The Hall–Kier alpha value is -1.64. The Morgan fingerprint density at radius 3 is 2.38 bits per heavy atom. The zero-order valence-electron chi connectivity index (χ0n) is 14.4.